The van der Waals surface area contributed by atoms with Crippen molar-refractivity contribution < 1.29 is 23.8 Å². The van der Waals surface area contributed by atoms with Gasteiger partial charge in [-0.3, -0.25) is 4.79 Å². The average Bonchev–Trinajstić information content (AvgIpc) is 2.61. The molecule has 2 heterocycles. The summed E-state index contributed by atoms with van der Waals surface area (Å²) in [6.07, 6.45) is 2.37. The number of fused-ring (bicyclic) bond motifs is 1. The second-order valence-electron chi connectivity index (χ2n) is 5.74. The van der Waals surface area contributed by atoms with Crippen molar-refractivity contribution >= 4 is 23.5 Å². The molecule has 6 nitrogen and oxygen atoms in total. The van der Waals surface area contributed by atoms with Crippen molar-refractivity contribution in [2.75, 3.05) is 26.4 Å². The molecule has 130 valence electrons. The number of ether oxygens (including phenoxy) is 3. The van der Waals surface area contributed by atoms with E-state index in [1.54, 1.807) is 24.0 Å². The molecule has 3 rings (SSSR count). The molecule has 0 radical (unpaired) electrons. The molecule has 1 saturated heterocycles. The summed E-state index contributed by atoms with van der Waals surface area (Å²) >= 11 is 6.21. The van der Waals surface area contributed by atoms with E-state index in [1.165, 1.54) is 0 Å². The highest BCUT2D eigenvalue weighted by Gasteiger charge is 2.34. The van der Waals surface area contributed by atoms with Crippen molar-refractivity contribution in [1.82, 2.24) is 4.90 Å². The zero-order valence-electron chi connectivity index (χ0n) is 13.5. The predicted octanol–water partition coefficient (Wildman–Crippen LogP) is 2.67. The maximum atomic E-state index is 12.9. The third-order valence-corrected chi connectivity index (χ3v) is 4.45. The van der Waals surface area contributed by atoms with Crippen molar-refractivity contribution in [2.24, 2.45) is 0 Å². The first kappa shape index (κ1) is 16.9. The normalized spacial score (nSPS) is 19.8. The van der Waals surface area contributed by atoms with E-state index in [0.29, 0.717) is 54.9 Å². The molecule has 1 amide bonds. The third kappa shape index (κ3) is 3.29. The highest BCUT2D eigenvalue weighted by molar-refractivity contribution is 6.32. The van der Waals surface area contributed by atoms with Crippen molar-refractivity contribution in [3.8, 4) is 11.5 Å². The Morgan fingerprint density at radius 3 is 2.88 bits per heavy atom. The summed E-state index contributed by atoms with van der Waals surface area (Å²) in [4.78, 5) is 26.6. The van der Waals surface area contributed by atoms with Gasteiger partial charge in [-0.15, -0.1) is 0 Å². The number of carbonyl (C=O) groups excluding carboxylic acids is 2. The lowest BCUT2D eigenvalue weighted by atomic mass is 10.0. The second kappa shape index (κ2) is 7.30. The standard InChI is InChI=1S/C17H20ClNO5/c1-2-22-17(21)13-5-3-4-6-19(13)16(20)11-9-12(18)15-14(10-11)23-7-8-24-15/h9-10,13H,2-8H2,1H3. The van der Waals surface area contributed by atoms with Crippen molar-refractivity contribution in [2.45, 2.75) is 32.2 Å². The number of benzene rings is 1. The number of likely N-dealkylation sites (tertiary alicyclic amines) is 1. The van der Waals surface area contributed by atoms with Gasteiger partial charge in [0.05, 0.1) is 11.6 Å². The van der Waals surface area contributed by atoms with Gasteiger partial charge in [-0.2, -0.15) is 0 Å². The maximum absolute atomic E-state index is 12.9. The topological polar surface area (TPSA) is 65.1 Å². The molecule has 2 aliphatic heterocycles. The van der Waals surface area contributed by atoms with Gasteiger partial charge in [-0.1, -0.05) is 11.6 Å². The Morgan fingerprint density at radius 2 is 2.08 bits per heavy atom. The Kier molecular flexibility index (Phi) is 5.14. The number of esters is 1. The van der Waals surface area contributed by atoms with Crippen molar-refractivity contribution in [3.63, 3.8) is 0 Å². The first-order chi connectivity index (χ1) is 11.6. The molecule has 2 aliphatic rings. The van der Waals surface area contributed by atoms with Crippen LogP contribution in [0.25, 0.3) is 0 Å². The molecular formula is C17H20ClNO5. The first-order valence-corrected chi connectivity index (χ1v) is 8.56. The smallest absolute Gasteiger partial charge is 0.328 e. The molecular weight excluding hydrogens is 334 g/mol. The molecule has 0 aromatic heterocycles. The van der Waals surface area contributed by atoms with E-state index in [2.05, 4.69) is 0 Å². The number of halogens is 1. The van der Waals surface area contributed by atoms with Gasteiger partial charge >= 0.3 is 5.97 Å². The van der Waals surface area contributed by atoms with E-state index < -0.39 is 6.04 Å². The lowest BCUT2D eigenvalue weighted by molar-refractivity contribution is -0.149. The summed E-state index contributed by atoms with van der Waals surface area (Å²) < 4.78 is 16.1. The van der Waals surface area contributed by atoms with Gasteiger partial charge in [-0.05, 0) is 38.3 Å². The summed E-state index contributed by atoms with van der Waals surface area (Å²) in [5, 5.41) is 0.334. The highest BCUT2D eigenvalue weighted by atomic mass is 35.5. The number of nitrogens with zero attached hydrogens (tertiary/aromatic N) is 1. The van der Waals surface area contributed by atoms with E-state index in [9.17, 15) is 9.59 Å². The predicted molar refractivity (Wildman–Crippen MR) is 87.8 cm³/mol. The van der Waals surface area contributed by atoms with Gasteiger partial charge in [0, 0.05) is 12.1 Å². The fraction of sp³-hybridized carbons (Fsp3) is 0.529. The molecule has 7 heteroatoms. The van der Waals surface area contributed by atoms with Crippen LogP contribution < -0.4 is 9.47 Å². The van der Waals surface area contributed by atoms with Gasteiger partial charge in [0.2, 0.25) is 0 Å². The number of amides is 1. The summed E-state index contributed by atoms with van der Waals surface area (Å²) in [5.74, 6) is 0.322. The van der Waals surface area contributed by atoms with E-state index >= 15 is 0 Å². The fourth-order valence-corrected chi connectivity index (χ4v) is 3.32. The number of hydrogen-bond donors (Lipinski definition) is 0. The van der Waals surface area contributed by atoms with E-state index in [0.717, 1.165) is 12.8 Å². The molecule has 0 spiro atoms. The van der Waals surface area contributed by atoms with Gasteiger partial charge < -0.3 is 19.1 Å². The minimum atomic E-state index is -0.543. The van der Waals surface area contributed by atoms with Crippen LogP contribution in [0.5, 0.6) is 11.5 Å². The number of piperidine rings is 1. The third-order valence-electron chi connectivity index (χ3n) is 4.17. The maximum Gasteiger partial charge on any atom is 0.328 e. The largest absolute Gasteiger partial charge is 0.486 e. The fourth-order valence-electron chi connectivity index (χ4n) is 3.06. The lowest BCUT2D eigenvalue weighted by Gasteiger charge is -2.34. The van der Waals surface area contributed by atoms with Gasteiger partial charge in [-0.25, -0.2) is 4.79 Å². The summed E-state index contributed by atoms with van der Waals surface area (Å²) in [6.45, 7) is 3.42. The van der Waals surface area contributed by atoms with Crippen LogP contribution in [0.4, 0.5) is 0 Å². The molecule has 0 aliphatic carbocycles. The van der Waals surface area contributed by atoms with Crippen molar-refractivity contribution in [3.05, 3.63) is 22.7 Å². The Labute approximate surface area is 145 Å². The van der Waals surface area contributed by atoms with Crippen LogP contribution in [0.15, 0.2) is 12.1 Å². The molecule has 0 N–H and O–H groups in total. The van der Waals surface area contributed by atoms with Gasteiger partial charge in [0.15, 0.2) is 11.5 Å². The molecule has 1 fully saturated rings. The molecule has 1 aromatic rings. The zero-order chi connectivity index (χ0) is 17.1. The Hall–Kier alpha value is -1.95. The van der Waals surface area contributed by atoms with Crippen LogP contribution in [0, 0.1) is 0 Å². The SMILES string of the molecule is CCOC(=O)C1CCCCN1C(=O)c1cc(Cl)c2c(c1)OCCO2. The minimum absolute atomic E-state index is 0.244. The van der Waals surface area contributed by atoms with Crippen LogP contribution >= 0.6 is 11.6 Å². The summed E-state index contributed by atoms with van der Waals surface area (Å²) in [7, 11) is 0. The van der Waals surface area contributed by atoms with Crippen LogP contribution in [-0.2, 0) is 9.53 Å². The van der Waals surface area contributed by atoms with E-state index in [1.807, 2.05) is 0 Å². The molecule has 0 saturated carbocycles. The van der Waals surface area contributed by atoms with Crippen molar-refractivity contribution in [1.29, 1.82) is 0 Å². The quantitative estimate of drug-likeness (QED) is 0.782. The van der Waals surface area contributed by atoms with Crippen LogP contribution in [0.3, 0.4) is 0 Å². The van der Waals surface area contributed by atoms with Crippen LogP contribution in [-0.4, -0.2) is 49.2 Å². The first-order valence-electron chi connectivity index (χ1n) is 8.18. The molecule has 1 atom stereocenters. The summed E-state index contributed by atoms with van der Waals surface area (Å²) in [5.41, 5.74) is 0.389. The Balaban J connectivity index is 1.86. The Morgan fingerprint density at radius 1 is 1.29 bits per heavy atom. The average molecular weight is 354 g/mol. The number of hydrogen-bond acceptors (Lipinski definition) is 5. The summed E-state index contributed by atoms with van der Waals surface area (Å²) in [6, 6.07) is 2.64. The minimum Gasteiger partial charge on any atom is -0.486 e. The van der Waals surface area contributed by atoms with E-state index in [-0.39, 0.29) is 11.9 Å². The lowest BCUT2D eigenvalue weighted by Crippen LogP contribution is -2.48. The van der Waals surface area contributed by atoms with Gasteiger partial charge in [0.1, 0.15) is 19.3 Å². The van der Waals surface area contributed by atoms with Crippen LogP contribution in [0.2, 0.25) is 5.02 Å². The molecule has 24 heavy (non-hydrogen) atoms. The highest BCUT2D eigenvalue weighted by Crippen LogP contribution is 2.39. The Bertz CT molecular complexity index is 648. The number of rotatable bonds is 3. The molecule has 1 aromatic carbocycles. The van der Waals surface area contributed by atoms with E-state index in [4.69, 9.17) is 25.8 Å². The molecule has 1 unspecified atom stereocenters. The second-order valence-corrected chi connectivity index (χ2v) is 6.15. The zero-order valence-corrected chi connectivity index (χ0v) is 14.3. The van der Waals surface area contributed by atoms with Crippen LogP contribution in [0.1, 0.15) is 36.5 Å². The number of carbonyl (C=O) groups is 2. The molecule has 0 bridgehead atoms. The monoisotopic (exact) mass is 353 g/mol. The van der Waals surface area contributed by atoms with Gasteiger partial charge in [0.25, 0.3) is 5.91 Å².